The normalized spacial score (nSPS) is 18.8. The zero-order valence-electron chi connectivity index (χ0n) is 13.0. The van der Waals surface area contributed by atoms with Gasteiger partial charge in [0.2, 0.25) is 5.91 Å². The number of piperazine rings is 1. The van der Waals surface area contributed by atoms with Crippen molar-refractivity contribution in [2.75, 3.05) is 46.4 Å². The average molecular weight is 271 g/mol. The lowest BCUT2D eigenvalue weighted by molar-refractivity contribution is -0.127. The van der Waals surface area contributed by atoms with Gasteiger partial charge in [0.25, 0.3) is 0 Å². The van der Waals surface area contributed by atoms with E-state index < -0.39 is 0 Å². The first kappa shape index (κ1) is 16.4. The Balaban J connectivity index is 2.31. The molecule has 0 bridgehead atoms. The van der Waals surface area contributed by atoms with Gasteiger partial charge in [0, 0.05) is 38.3 Å². The molecule has 0 saturated carbocycles. The third-order valence-corrected chi connectivity index (χ3v) is 3.63. The van der Waals surface area contributed by atoms with E-state index in [-0.39, 0.29) is 24.2 Å². The number of likely N-dealkylation sites (N-methyl/N-ethyl adjacent to an activating group) is 1. The second-order valence-electron chi connectivity index (χ2n) is 6.24. The molecule has 5 heteroatoms. The molecule has 1 aliphatic rings. The van der Waals surface area contributed by atoms with Crippen LogP contribution in [0.25, 0.3) is 0 Å². The third-order valence-electron chi connectivity index (χ3n) is 3.63. The van der Waals surface area contributed by atoms with Crippen LogP contribution >= 0.6 is 0 Å². The van der Waals surface area contributed by atoms with E-state index in [1.807, 2.05) is 13.8 Å². The van der Waals surface area contributed by atoms with Crippen LogP contribution in [0.15, 0.2) is 0 Å². The Morgan fingerprint density at radius 3 is 2.37 bits per heavy atom. The highest BCUT2D eigenvalue weighted by atomic mass is 16.5. The first-order valence-corrected chi connectivity index (χ1v) is 7.13. The van der Waals surface area contributed by atoms with E-state index in [4.69, 9.17) is 4.74 Å². The molecule has 1 fully saturated rings. The number of carbonyl (C=O) groups is 1. The van der Waals surface area contributed by atoms with Crippen molar-refractivity contribution in [1.29, 1.82) is 0 Å². The second-order valence-corrected chi connectivity index (χ2v) is 6.24. The zero-order valence-corrected chi connectivity index (χ0v) is 13.0. The van der Waals surface area contributed by atoms with Crippen molar-refractivity contribution in [2.45, 2.75) is 39.3 Å². The van der Waals surface area contributed by atoms with E-state index in [9.17, 15) is 4.79 Å². The summed E-state index contributed by atoms with van der Waals surface area (Å²) in [6.45, 7) is 13.3. The van der Waals surface area contributed by atoms with E-state index in [1.54, 1.807) is 0 Å². The van der Waals surface area contributed by atoms with Crippen LogP contribution in [0.5, 0.6) is 0 Å². The van der Waals surface area contributed by atoms with Crippen LogP contribution in [0.4, 0.5) is 0 Å². The first-order valence-electron chi connectivity index (χ1n) is 7.13. The standard InChI is InChI=1S/C14H29N3O2/c1-12(2)19-10-13(18)15-11-14(3,4)17-8-6-16(5)7-9-17/h12H,6-11H2,1-5H3,(H,15,18). The number of ether oxygens (including phenoxy) is 1. The lowest BCUT2D eigenvalue weighted by Crippen LogP contribution is -2.58. The molecule has 5 nitrogen and oxygen atoms in total. The third kappa shape index (κ3) is 5.89. The molecule has 0 aromatic rings. The molecule has 1 saturated heterocycles. The lowest BCUT2D eigenvalue weighted by Gasteiger charge is -2.43. The molecular formula is C14H29N3O2. The molecule has 1 aliphatic heterocycles. The fourth-order valence-corrected chi connectivity index (χ4v) is 2.13. The topological polar surface area (TPSA) is 44.8 Å². The summed E-state index contributed by atoms with van der Waals surface area (Å²) in [7, 11) is 2.15. The summed E-state index contributed by atoms with van der Waals surface area (Å²) in [6.07, 6.45) is 0.0939. The molecule has 1 amide bonds. The maximum Gasteiger partial charge on any atom is 0.246 e. The summed E-state index contributed by atoms with van der Waals surface area (Å²) in [5.41, 5.74) is -0.00521. The van der Waals surface area contributed by atoms with Crippen molar-refractivity contribution in [2.24, 2.45) is 0 Å². The van der Waals surface area contributed by atoms with Crippen LogP contribution in [0.2, 0.25) is 0 Å². The fourth-order valence-electron chi connectivity index (χ4n) is 2.13. The number of hydrogen-bond donors (Lipinski definition) is 1. The van der Waals surface area contributed by atoms with Crippen LogP contribution in [0, 0.1) is 0 Å². The monoisotopic (exact) mass is 271 g/mol. The SMILES string of the molecule is CC(C)OCC(=O)NCC(C)(C)N1CCN(C)CC1. The van der Waals surface area contributed by atoms with Gasteiger partial charge in [0.1, 0.15) is 6.61 Å². The Hall–Kier alpha value is -0.650. The summed E-state index contributed by atoms with van der Waals surface area (Å²) in [5, 5.41) is 2.97. The molecule has 0 aromatic carbocycles. The minimum Gasteiger partial charge on any atom is -0.369 e. The molecule has 0 radical (unpaired) electrons. The van der Waals surface area contributed by atoms with Crippen LogP contribution in [-0.4, -0.2) is 73.7 Å². The number of nitrogens with one attached hydrogen (secondary N) is 1. The van der Waals surface area contributed by atoms with E-state index in [0.29, 0.717) is 6.54 Å². The summed E-state index contributed by atoms with van der Waals surface area (Å²) in [6, 6.07) is 0. The first-order chi connectivity index (χ1) is 8.81. The van der Waals surface area contributed by atoms with Crippen molar-refractivity contribution in [1.82, 2.24) is 15.1 Å². The smallest absolute Gasteiger partial charge is 0.246 e. The van der Waals surface area contributed by atoms with E-state index in [2.05, 4.69) is 36.0 Å². The molecule has 0 spiro atoms. The van der Waals surface area contributed by atoms with Gasteiger partial charge in [-0.05, 0) is 34.7 Å². The van der Waals surface area contributed by atoms with Crippen molar-refractivity contribution in [3.63, 3.8) is 0 Å². The summed E-state index contributed by atoms with van der Waals surface area (Å²) in [5.74, 6) is -0.0316. The Kier molecular flexibility index (Phi) is 6.23. The summed E-state index contributed by atoms with van der Waals surface area (Å²) >= 11 is 0. The van der Waals surface area contributed by atoms with Crippen molar-refractivity contribution in [3.8, 4) is 0 Å². The highest BCUT2D eigenvalue weighted by Crippen LogP contribution is 2.15. The quantitative estimate of drug-likeness (QED) is 0.766. The molecule has 0 atom stereocenters. The van der Waals surface area contributed by atoms with Crippen LogP contribution in [0.3, 0.4) is 0 Å². The van der Waals surface area contributed by atoms with E-state index in [0.717, 1.165) is 26.2 Å². The highest BCUT2D eigenvalue weighted by molar-refractivity contribution is 5.77. The van der Waals surface area contributed by atoms with Crippen LogP contribution in [-0.2, 0) is 9.53 Å². The van der Waals surface area contributed by atoms with Crippen LogP contribution in [0.1, 0.15) is 27.7 Å². The maximum absolute atomic E-state index is 11.7. The number of rotatable bonds is 6. The van der Waals surface area contributed by atoms with Gasteiger partial charge in [-0.25, -0.2) is 0 Å². The molecule has 0 aromatic heterocycles. The summed E-state index contributed by atoms with van der Waals surface area (Å²) < 4.78 is 5.30. The van der Waals surface area contributed by atoms with Crippen LogP contribution < -0.4 is 5.32 Å². The van der Waals surface area contributed by atoms with Gasteiger partial charge >= 0.3 is 0 Å². The molecule has 1 rings (SSSR count). The molecule has 0 aliphatic carbocycles. The number of nitrogens with zero attached hydrogens (tertiary/aromatic N) is 2. The predicted octanol–water partition coefficient (Wildman–Crippen LogP) is 0.554. The predicted molar refractivity (Wildman–Crippen MR) is 77.2 cm³/mol. The van der Waals surface area contributed by atoms with Gasteiger partial charge in [-0.3, -0.25) is 9.69 Å². The molecule has 1 heterocycles. The lowest BCUT2D eigenvalue weighted by atomic mass is 10.0. The molecule has 1 N–H and O–H groups in total. The Bertz CT molecular complexity index is 284. The zero-order chi connectivity index (χ0) is 14.5. The Morgan fingerprint density at radius 2 is 1.84 bits per heavy atom. The van der Waals surface area contributed by atoms with E-state index in [1.165, 1.54) is 0 Å². The van der Waals surface area contributed by atoms with Gasteiger partial charge in [-0.2, -0.15) is 0 Å². The van der Waals surface area contributed by atoms with Gasteiger partial charge in [-0.1, -0.05) is 0 Å². The van der Waals surface area contributed by atoms with Gasteiger partial charge < -0.3 is 15.0 Å². The Labute approximate surface area is 117 Å². The number of amides is 1. The number of carbonyl (C=O) groups excluding carboxylic acids is 1. The van der Waals surface area contributed by atoms with Crippen molar-refractivity contribution < 1.29 is 9.53 Å². The minimum absolute atomic E-state index is 0.00521. The second kappa shape index (κ2) is 7.22. The number of hydrogen-bond acceptors (Lipinski definition) is 4. The summed E-state index contributed by atoms with van der Waals surface area (Å²) in [4.78, 5) is 16.4. The van der Waals surface area contributed by atoms with E-state index >= 15 is 0 Å². The maximum atomic E-state index is 11.7. The minimum atomic E-state index is -0.0316. The van der Waals surface area contributed by atoms with Gasteiger partial charge in [0.05, 0.1) is 6.10 Å². The van der Waals surface area contributed by atoms with Crippen molar-refractivity contribution >= 4 is 5.91 Å². The van der Waals surface area contributed by atoms with Crippen molar-refractivity contribution in [3.05, 3.63) is 0 Å². The van der Waals surface area contributed by atoms with Gasteiger partial charge in [0.15, 0.2) is 0 Å². The molecule has 19 heavy (non-hydrogen) atoms. The largest absolute Gasteiger partial charge is 0.369 e. The average Bonchev–Trinajstić information content (AvgIpc) is 2.34. The highest BCUT2D eigenvalue weighted by Gasteiger charge is 2.29. The Morgan fingerprint density at radius 1 is 1.26 bits per heavy atom. The molecule has 112 valence electrons. The van der Waals surface area contributed by atoms with Gasteiger partial charge in [-0.15, -0.1) is 0 Å². The molecular weight excluding hydrogens is 242 g/mol. The fraction of sp³-hybridized carbons (Fsp3) is 0.929. The molecule has 0 unspecified atom stereocenters.